The number of esters is 1. The second-order valence-corrected chi connectivity index (χ2v) is 3.34. The van der Waals surface area contributed by atoms with Crippen LogP contribution >= 0.6 is 0 Å². The van der Waals surface area contributed by atoms with Crippen LogP contribution in [-0.2, 0) is 9.53 Å². The highest BCUT2D eigenvalue weighted by Crippen LogP contribution is 2.08. The smallest absolute Gasteiger partial charge is 0.324 e. The van der Waals surface area contributed by atoms with Gasteiger partial charge in [0, 0.05) is 6.04 Å². The Bertz CT molecular complexity index is 173. The number of carbonyl (C=O) groups is 1. The average molecular weight is 186 g/mol. The first-order valence-electron chi connectivity index (χ1n) is 4.91. The number of hydrogen-bond donors (Lipinski definition) is 2. The van der Waals surface area contributed by atoms with Crippen LogP contribution in [0.5, 0.6) is 0 Å². The van der Waals surface area contributed by atoms with Crippen molar-refractivity contribution < 1.29 is 9.53 Å². The predicted octanol–water partition coefficient (Wildman–Crippen LogP) is 0.0189. The van der Waals surface area contributed by atoms with Gasteiger partial charge >= 0.3 is 5.97 Å². The van der Waals surface area contributed by atoms with E-state index in [4.69, 9.17) is 10.5 Å². The number of hydrogen-bond acceptors (Lipinski definition) is 4. The molecule has 0 bridgehead atoms. The Morgan fingerprint density at radius 3 is 3.08 bits per heavy atom. The highest BCUT2D eigenvalue weighted by Gasteiger charge is 2.27. The molecule has 2 atom stereocenters. The van der Waals surface area contributed by atoms with Gasteiger partial charge in [0.25, 0.3) is 0 Å². The molecule has 0 aromatic carbocycles. The lowest BCUT2D eigenvalue weighted by Gasteiger charge is -2.19. The van der Waals surface area contributed by atoms with E-state index in [1.807, 2.05) is 0 Å². The lowest BCUT2D eigenvalue weighted by Crippen LogP contribution is -2.49. The van der Waals surface area contributed by atoms with Crippen LogP contribution < -0.4 is 11.1 Å². The van der Waals surface area contributed by atoms with E-state index in [-0.39, 0.29) is 18.1 Å². The Morgan fingerprint density at radius 1 is 1.62 bits per heavy atom. The molecule has 0 spiro atoms. The van der Waals surface area contributed by atoms with E-state index in [0.717, 1.165) is 25.8 Å². The Balaban J connectivity index is 2.48. The minimum Gasteiger partial charge on any atom is -0.465 e. The molecule has 76 valence electrons. The lowest BCUT2D eigenvalue weighted by atomic mass is 10.1. The first kappa shape index (κ1) is 10.5. The van der Waals surface area contributed by atoms with E-state index < -0.39 is 0 Å². The van der Waals surface area contributed by atoms with E-state index in [1.165, 1.54) is 0 Å². The van der Waals surface area contributed by atoms with Gasteiger partial charge < -0.3 is 15.8 Å². The molecule has 0 amide bonds. The molecule has 1 aliphatic heterocycles. The topological polar surface area (TPSA) is 64.3 Å². The third-order valence-electron chi connectivity index (χ3n) is 2.30. The SMILES string of the molecule is CCOC(=O)C1NCCCCC1N. The fraction of sp³-hybridized carbons (Fsp3) is 0.889. The first-order valence-corrected chi connectivity index (χ1v) is 4.91. The summed E-state index contributed by atoms with van der Waals surface area (Å²) in [7, 11) is 0. The molecule has 1 saturated heterocycles. The van der Waals surface area contributed by atoms with Gasteiger partial charge in [0.15, 0.2) is 0 Å². The van der Waals surface area contributed by atoms with Crippen LogP contribution in [0.1, 0.15) is 26.2 Å². The second kappa shape index (κ2) is 5.19. The van der Waals surface area contributed by atoms with Gasteiger partial charge in [-0.2, -0.15) is 0 Å². The van der Waals surface area contributed by atoms with Gasteiger partial charge in [-0.15, -0.1) is 0 Å². The van der Waals surface area contributed by atoms with Gasteiger partial charge in [-0.25, -0.2) is 0 Å². The standard InChI is InChI=1S/C9H18N2O2/c1-2-13-9(12)8-7(10)5-3-4-6-11-8/h7-8,11H,2-6,10H2,1H3. The van der Waals surface area contributed by atoms with Crippen LogP contribution in [0.4, 0.5) is 0 Å². The van der Waals surface area contributed by atoms with Crippen LogP contribution in [0, 0.1) is 0 Å². The van der Waals surface area contributed by atoms with Gasteiger partial charge in [0.1, 0.15) is 6.04 Å². The summed E-state index contributed by atoms with van der Waals surface area (Å²) in [6, 6.07) is -0.399. The molecule has 0 aliphatic carbocycles. The minimum absolute atomic E-state index is 0.0958. The third kappa shape index (κ3) is 2.97. The van der Waals surface area contributed by atoms with Crippen molar-refractivity contribution in [3.8, 4) is 0 Å². The van der Waals surface area contributed by atoms with E-state index >= 15 is 0 Å². The van der Waals surface area contributed by atoms with Crippen molar-refractivity contribution in [2.75, 3.05) is 13.2 Å². The summed E-state index contributed by atoms with van der Waals surface area (Å²) in [6.07, 6.45) is 3.07. The fourth-order valence-corrected chi connectivity index (χ4v) is 1.57. The molecule has 0 saturated carbocycles. The molecule has 2 unspecified atom stereocenters. The van der Waals surface area contributed by atoms with Gasteiger partial charge in [0.2, 0.25) is 0 Å². The van der Waals surface area contributed by atoms with Crippen molar-refractivity contribution in [2.24, 2.45) is 5.73 Å². The van der Waals surface area contributed by atoms with Crippen LogP contribution in [-0.4, -0.2) is 31.2 Å². The number of nitrogens with one attached hydrogen (secondary N) is 1. The van der Waals surface area contributed by atoms with Crippen LogP contribution in [0.15, 0.2) is 0 Å². The fourth-order valence-electron chi connectivity index (χ4n) is 1.57. The van der Waals surface area contributed by atoms with Crippen molar-refractivity contribution in [1.82, 2.24) is 5.32 Å². The largest absolute Gasteiger partial charge is 0.465 e. The molecule has 4 nitrogen and oxygen atoms in total. The molecule has 0 aromatic rings. The molecule has 0 radical (unpaired) electrons. The molecule has 3 N–H and O–H groups in total. The molecule has 0 aromatic heterocycles. The van der Waals surface area contributed by atoms with Gasteiger partial charge in [0.05, 0.1) is 6.61 Å². The van der Waals surface area contributed by atoms with Crippen molar-refractivity contribution in [3.05, 3.63) is 0 Å². The minimum atomic E-state index is -0.303. The maximum Gasteiger partial charge on any atom is 0.324 e. The summed E-state index contributed by atoms with van der Waals surface area (Å²) in [4.78, 5) is 11.4. The Hall–Kier alpha value is -0.610. The van der Waals surface area contributed by atoms with Crippen LogP contribution in [0.2, 0.25) is 0 Å². The normalized spacial score (nSPS) is 29.4. The van der Waals surface area contributed by atoms with E-state index in [0.29, 0.717) is 6.61 Å². The van der Waals surface area contributed by atoms with Crippen molar-refractivity contribution in [2.45, 2.75) is 38.3 Å². The first-order chi connectivity index (χ1) is 6.25. The van der Waals surface area contributed by atoms with Crippen molar-refractivity contribution in [1.29, 1.82) is 0 Å². The van der Waals surface area contributed by atoms with Crippen LogP contribution in [0.3, 0.4) is 0 Å². The number of carbonyl (C=O) groups excluding carboxylic acids is 1. The highest BCUT2D eigenvalue weighted by atomic mass is 16.5. The Kier molecular flexibility index (Phi) is 4.18. The molecular formula is C9H18N2O2. The number of rotatable bonds is 2. The zero-order valence-electron chi connectivity index (χ0n) is 8.08. The van der Waals surface area contributed by atoms with E-state index in [9.17, 15) is 4.79 Å². The summed E-state index contributed by atoms with van der Waals surface area (Å²) in [6.45, 7) is 3.08. The average Bonchev–Trinajstić information content (AvgIpc) is 2.30. The molecule has 1 rings (SSSR count). The summed E-state index contributed by atoms with van der Waals surface area (Å²) >= 11 is 0. The predicted molar refractivity (Wildman–Crippen MR) is 50.3 cm³/mol. The Morgan fingerprint density at radius 2 is 2.38 bits per heavy atom. The quantitative estimate of drug-likeness (QED) is 0.597. The molecule has 13 heavy (non-hydrogen) atoms. The molecule has 4 heteroatoms. The van der Waals surface area contributed by atoms with Crippen LogP contribution in [0.25, 0.3) is 0 Å². The number of ether oxygens (including phenoxy) is 1. The monoisotopic (exact) mass is 186 g/mol. The summed E-state index contributed by atoms with van der Waals surface area (Å²) in [5, 5.41) is 3.12. The van der Waals surface area contributed by atoms with Gasteiger partial charge in [-0.05, 0) is 26.3 Å². The molecule has 1 aliphatic rings. The van der Waals surface area contributed by atoms with E-state index in [2.05, 4.69) is 5.32 Å². The van der Waals surface area contributed by atoms with Gasteiger partial charge in [-0.1, -0.05) is 6.42 Å². The van der Waals surface area contributed by atoms with Crippen molar-refractivity contribution >= 4 is 5.97 Å². The maximum absolute atomic E-state index is 11.4. The summed E-state index contributed by atoms with van der Waals surface area (Å²) in [5.74, 6) is -0.211. The number of nitrogens with two attached hydrogens (primary N) is 1. The zero-order chi connectivity index (χ0) is 9.68. The Labute approximate surface area is 78.8 Å². The molecular weight excluding hydrogens is 168 g/mol. The molecule has 1 fully saturated rings. The third-order valence-corrected chi connectivity index (χ3v) is 2.30. The zero-order valence-corrected chi connectivity index (χ0v) is 8.08. The lowest BCUT2D eigenvalue weighted by molar-refractivity contribution is -0.146. The van der Waals surface area contributed by atoms with Gasteiger partial charge in [-0.3, -0.25) is 4.79 Å². The van der Waals surface area contributed by atoms with E-state index in [1.54, 1.807) is 6.92 Å². The summed E-state index contributed by atoms with van der Waals surface area (Å²) in [5.41, 5.74) is 5.85. The summed E-state index contributed by atoms with van der Waals surface area (Å²) < 4.78 is 4.93. The highest BCUT2D eigenvalue weighted by molar-refractivity contribution is 5.76. The second-order valence-electron chi connectivity index (χ2n) is 3.34. The molecule has 1 heterocycles. The maximum atomic E-state index is 11.4. The van der Waals surface area contributed by atoms with Crippen molar-refractivity contribution in [3.63, 3.8) is 0 Å².